The van der Waals surface area contributed by atoms with Crippen LogP contribution in [0.1, 0.15) is 33.5 Å². The standard InChI is InChI=1S/C25H23ClFNO5S2/c1-16-5-12-21(27)24(25(16)26)23(29)15-17-6-7-18-4-3-13-28(22(18)14-17)35(32,33)20-10-8-19(9-11-20)34(2,30)31/h5-12,14H,3-4,13,15H2,1-2H3. The highest BCUT2D eigenvalue weighted by atomic mass is 35.5. The number of carbonyl (C=O) groups is 1. The summed E-state index contributed by atoms with van der Waals surface area (Å²) >= 11 is 6.18. The monoisotopic (exact) mass is 535 g/mol. The van der Waals surface area contributed by atoms with Crippen LogP contribution in [-0.2, 0) is 32.7 Å². The van der Waals surface area contributed by atoms with Gasteiger partial charge in [-0.05, 0) is 72.9 Å². The maximum absolute atomic E-state index is 14.3. The Morgan fingerprint density at radius 2 is 1.66 bits per heavy atom. The average Bonchev–Trinajstić information content (AvgIpc) is 2.80. The van der Waals surface area contributed by atoms with Crippen LogP contribution < -0.4 is 4.31 Å². The average molecular weight is 536 g/mol. The fourth-order valence-electron chi connectivity index (χ4n) is 4.12. The van der Waals surface area contributed by atoms with Crippen molar-refractivity contribution in [3.63, 3.8) is 0 Å². The van der Waals surface area contributed by atoms with Crippen LogP contribution in [0.5, 0.6) is 0 Å². The molecule has 0 saturated carbocycles. The number of nitrogens with zero attached hydrogens (tertiary/aromatic N) is 1. The summed E-state index contributed by atoms with van der Waals surface area (Å²) in [5.74, 6) is -1.21. The fraction of sp³-hybridized carbons (Fsp3) is 0.240. The van der Waals surface area contributed by atoms with Crippen LogP contribution in [0.4, 0.5) is 10.1 Å². The van der Waals surface area contributed by atoms with Gasteiger partial charge in [-0.1, -0.05) is 29.8 Å². The van der Waals surface area contributed by atoms with Crippen molar-refractivity contribution >= 4 is 42.9 Å². The van der Waals surface area contributed by atoms with Crippen molar-refractivity contribution in [2.24, 2.45) is 0 Å². The van der Waals surface area contributed by atoms with Crippen molar-refractivity contribution in [1.82, 2.24) is 0 Å². The van der Waals surface area contributed by atoms with Gasteiger partial charge in [-0.25, -0.2) is 21.2 Å². The molecule has 0 aliphatic carbocycles. The van der Waals surface area contributed by atoms with Crippen molar-refractivity contribution in [2.75, 3.05) is 17.1 Å². The number of halogens is 2. The number of sulfone groups is 1. The number of Topliss-reactive ketones (excluding diaryl/α,β-unsaturated/α-hetero) is 1. The second-order valence-corrected chi connectivity index (χ2v) is 12.8. The van der Waals surface area contributed by atoms with E-state index in [1.165, 1.54) is 40.7 Å². The Kier molecular flexibility index (Phi) is 6.78. The minimum Gasteiger partial charge on any atom is -0.294 e. The SMILES string of the molecule is Cc1ccc(F)c(C(=O)Cc2ccc3c(c2)N(S(=O)(=O)c2ccc(S(C)(=O)=O)cc2)CCC3)c1Cl. The van der Waals surface area contributed by atoms with Gasteiger partial charge < -0.3 is 0 Å². The molecule has 0 bridgehead atoms. The van der Waals surface area contributed by atoms with Gasteiger partial charge in [0.05, 0.1) is 26.1 Å². The summed E-state index contributed by atoms with van der Waals surface area (Å²) in [5, 5.41) is 0.0645. The van der Waals surface area contributed by atoms with Crippen LogP contribution in [0, 0.1) is 12.7 Å². The molecular weight excluding hydrogens is 513 g/mol. The minimum absolute atomic E-state index is 0.0262. The van der Waals surface area contributed by atoms with Crippen molar-refractivity contribution in [3.8, 4) is 0 Å². The molecule has 0 spiro atoms. The summed E-state index contributed by atoms with van der Waals surface area (Å²) in [6, 6.07) is 12.9. The molecular formula is C25H23ClFNO5S2. The predicted octanol–water partition coefficient (Wildman–Crippen LogP) is 4.76. The molecule has 3 aromatic carbocycles. The lowest BCUT2D eigenvalue weighted by molar-refractivity contribution is 0.0989. The lowest BCUT2D eigenvalue weighted by Crippen LogP contribution is -2.35. The molecule has 0 saturated heterocycles. The van der Waals surface area contributed by atoms with Gasteiger partial charge >= 0.3 is 0 Å². The van der Waals surface area contributed by atoms with E-state index in [1.807, 2.05) is 0 Å². The zero-order chi connectivity index (χ0) is 25.5. The molecule has 4 rings (SSSR count). The molecule has 0 fully saturated rings. The van der Waals surface area contributed by atoms with E-state index in [-0.39, 0.29) is 33.3 Å². The minimum atomic E-state index is -3.98. The number of benzene rings is 3. The molecule has 0 unspecified atom stereocenters. The van der Waals surface area contributed by atoms with E-state index in [0.717, 1.165) is 11.8 Å². The Morgan fingerprint density at radius 3 is 2.31 bits per heavy atom. The van der Waals surface area contributed by atoms with Gasteiger partial charge in [-0.2, -0.15) is 0 Å². The second-order valence-electron chi connectivity index (χ2n) is 8.54. The summed E-state index contributed by atoms with van der Waals surface area (Å²) in [6.45, 7) is 1.92. The van der Waals surface area contributed by atoms with E-state index in [1.54, 1.807) is 25.1 Å². The van der Waals surface area contributed by atoms with Gasteiger partial charge in [0, 0.05) is 19.2 Å². The van der Waals surface area contributed by atoms with Crippen LogP contribution >= 0.6 is 11.6 Å². The van der Waals surface area contributed by atoms with Crippen LogP contribution in [-0.4, -0.2) is 35.4 Å². The van der Waals surface area contributed by atoms with Gasteiger partial charge in [0.15, 0.2) is 15.6 Å². The highest BCUT2D eigenvalue weighted by Crippen LogP contribution is 2.34. The summed E-state index contributed by atoms with van der Waals surface area (Å²) in [6.07, 6.45) is 2.18. The van der Waals surface area contributed by atoms with Crippen molar-refractivity contribution in [2.45, 2.75) is 36.0 Å². The first-order valence-electron chi connectivity index (χ1n) is 10.8. The molecule has 0 aromatic heterocycles. The highest BCUT2D eigenvalue weighted by Gasteiger charge is 2.30. The third-order valence-corrected chi connectivity index (χ3v) is 9.44. The van der Waals surface area contributed by atoms with Crippen molar-refractivity contribution < 1.29 is 26.0 Å². The molecule has 0 amide bonds. The maximum Gasteiger partial charge on any atom is 0.264 e. The Labute approximate surface area is 209 Å². The van der Waals surface area contributed by atoms with Gasteiger partial charge in [-0.15, -0.1) is 0 Å². The Bertz CT molecular complexity index is 1530. The third-order valence-electron chi connectivity index (χ3n) is 5.99. The lowest BCUT2D eigenvalue weighted by atomic mass is 9.97. The molecule has 0 atom stereocenters. The van der Waals surface area contributed by atoms with Gasteiger partial charge in [-0.3, -0.25) is 9.10 Å². The molecule has 184 valence electrons. The number of ketones is 1. The third kappa shape index (κ3) is 4.98. The zero-order valence-electron chi connectivity index (χ0n) is 19.1. The van der Waals surface area contributed by atoms with Crippen LogP contribution in [0.15, 0.2) is 64.4 Å². The molecule has 0 radical (unpaired) electrons. The molecule has 6 nitrogen and oxygen atoms in total. The number of anilines is 1. The van der Waals surface area contributed by atoms with Crippen LogP contribution in [0.2, 0.25) is 5.02 Å². The lowest BCUT2D eigenvalue weighted by Gasteiger charge is -2.31. The number of hydrogen-bond donors (Lipinski definition) is 0. The topological polar surface area (TPSA) is 88.6 Å². The van der Waals surface area contributed by atoms with Crippen LogP contribution in [0.3, 0.4) is 0 Å². The molecule has 1 aliphatic heterocycles. The second kappa shape index (κ2) is 9.37. The first-order valence-corrected chi connectivity index (χ1v) is 14.5. The first kappa shape index (κ1) is 25.3. The summed E-state index contributed by atoms with van der Waals surface area (Å²) < 4.78 is 65.9. The maximum atomic E-state index is 14.3. The van der Waals surface area contributed by atoms with E-state index >= 15 is 0 Å². The molecule has 1 aliphatic rings. The quantitative estimate of drug-likeness (QED) is 0.425. The number of rotatable bonds is 6. The van der Waals surface area contributed by atoms with Crippen LogP contribution in [0.25, 0.3) is 0 Å². The van der Waals surface area contributed by atoms with Crippen molar-refractivity contribution in [1.29, 1.82) is 0 Å². The number of hydrogen-bond acceptors (Lipinski definition) is 5. The van der Waals surface area contributed by atoms with E-state index in [0.29, 0.717) is 29.7 Å². The number of carbonyl (C=O) groups excluding carboxylic acids is 1. The normalized spacial score (nSPS) is 14.0. The summed E-state index contributed by atoms with van der Waals surface area (Å²) in [7, 11) is -7.45. The number of sulfonamides is 1. The zero-order valence-corrected chi connectivity index (χ0v) is 21.5. The van der Waals surface area contributed by atoms with E-state index in [2.05, 4.69) is 0 Å². The van der Waals surface area contributed by atoms with E-state index in [9.17, 15) is 26.0 Å². The molecule has 10 heteroatoms. The first-order chi connectivity index (χ1) is 16.4. The van der Waals surface area contributed by atoms with Gasteiger partial charge in [0.25, 0.3) is 10.0 Å². The largest absolute Gasteiger partial charge is 0.294 e. The molecule has 3 aromatic rings. The number of fused-ring (bicyclic) bond motifs is 1. The predicted molar refractivity (Wildman–Crippen MR) is 133 cm³/mol. The Hall–Kier alpha value is -2.75. The number of aryl methyl sites for hydroxylation is 2. The molecule has 35 heavy (non-hydrogen) atoms. The molecule has 0 N–H and O–H groups in total. The molecule has 1 heterocycles. The van der Waals surface area contributed by atoms with E-state index < -0.39 is 31.5 Å². The highest BCUT2D eigenvalue weighted by molar-refractivity contribution is 7.93. The smallest absolute Gasteiger partial charge is 0.264 e. The fourth-order valence-corrected chi connectivity index (χ4v) is 6.54. The Balaban J connectivity index is 1.68. The van der Waals surface area contributed by atoms with Gasteiger partial charge in [0.1, 0.15) is 5.82 Å². The summed E-state index contributed by atoms with van der Waals surface area (Å²) in [5.41, 5.74) is 2.19. The Morgan fingerprint density at radius 1 is 1.00 bits per heavy atom. The van der Waals surface area contributed by atoms with Crippen molar-refractivity contribution in [3.05, 3.63) is 87.7 Å². The van der Waals surface area contributed by atoms with E-state index in [4.69, 9.17) is 11.6 Å². The van der Waals surface area contributed by atoms with Gasteiger partial charge in [0.2, 0.25) is 0 Å². The summed E-state index contributed by atoms with van der Waals surface area (Å²) in [4.78, 5) is 12.9.